The molecule has 0 spiro atoms. The molecule has 0 bridgehead atoms. The zero-order valence-corrected chi connectivity index (χ0v) is 15.3. The summed E-state index contributed by atoms with van der Waals surface area (Å²) in [4.78, 5) is 14.9. The van der Waals surface area contributed by atoms with E-state index in [9.17, 15) is 4.79 Å². The van der Waals surface area contributed by atoms with E-state index in [1.165, 1.54) is 5.69 Å². The topological polar surface area (TPSA) is 47.4 Å². The van der Waals surface area contributed by atoms with Gasteiger partial charge in [0.15, 0.2) is 0 Å². The highest BCUT2D eigenvalue weighted by molar-refractivity contribution is 5.81. The standard InChI is InChI=1S/C19H31N3O2/c1-4-10-22-17(5-9-20-22)15-6-11-21(12-7-15)19(23)18-16(14(2)3)8-13-24-18/h5,9,14-16,18H,4,6-8,10-13H2,1-3H3/t16-,18-/m1/s1. The normalized spacial score (nSPS) is 25.6. The summed E-state index contributed by atoms with van der Waals surface area (Å²) in [5.74, 6) is 1.61. The molecule has 3 heterocycles. The van der Waals surface area contributed by atoms with Gasteiger partial charge >= 0.3 is 0 Å². The van der Waals surface area contributed by atoms with Crippen LogP contribution in [0.4, 0.5) is 0 Å². The second kappa shape index (κ2) is 7.68. The Labute approximate surface area is 145 Å². The Bertz CT molecular complexity index is 547. The van der Waals surface area contributed by atoms with E-state index in [2.05, 4.69) is 36.6 Å². The first-order valence-corrected chi connectivity index (χ1v) is 9.54. The molecule has 0 aliphatic carbocycles. The number of likely N-dealkylation sites (tertiary alicyclic amines) is 1. The summed E-state index contributed by atoms with van der Waals surface area (Å²) >= 11 is 0. The zero-order chi connectivity index (χ0) is 17.1. The van der Waals surface area contributed by atoms with Gasteiger partial charge in [-0.2, -0.15) is 5.10 Å². The molecule has 0 aromatic carbocycles. The summed E-state index contributed by atoms with van der Waals surface area (Å²) in [6.45, 7) is 9.96. The van der Waals surface area contributed by atoms with Crippen molar-refractivity contribution in [2.75, 3.05) is 19.7 Å². The van der Waals surface area contributed by atoms with Crippen molar-refractivity contribution < 1.29 is 9.53 Å². The van der Waals surface area contributed by atoms with Crippen LogP contribution in [-0.4, -0.2) is 46.4 Å². The van der Waals surface area contributed by atoms with Crippen molar-refractivity contribution in [2.45, 2.75) is 65.0 Å². The maximum Gasteiger partial charge on any atom is 0.251 e. The van der Waals surface area contributed by atoms with Crippen molar-refractivity contribution in [1.82, 2.24) is 14.7 Å². The van der Waals surface area contributed by atoms with E-state index in [1.54, 1.807) is 0 Å². The van der Waals surface area contributed by atoms with Gasteiger partial charge in [0.05, 0.1) is 0 Å². The van der Waals surface area contributed by atoms with E-state index in [0.29, 0.717) is 17.8 Å². The zero-order valence-electron chi connectivity index (χ0n) is 15.3. The number of rotatable bonds is 5. The van der Waals surface area contributed by atoms with Crippen LogP contribution in [0.2, 0.25) is 0 Å². The summed E-state index contributed by atoms with van der Waals surface area (Å²) < 4.78 is 7.92. The molecule has 0 radical (unpaired) electrons. The minimum Gasteiger partial charge on any atom is -0.368 e. The van der Waals surface area contributed by atoms with Gasteiger partial charge in [-0.1, -0.05) is 20.8 Å². The summed E-state index contributed by atoms with van der Waals surface area (Å²) in [6.07, 6.45) is 5.86. The van der Waals surface area contributed by atoms with Crippen LogP contribution in [0.5, 0.6) is 0 Å². The van der Waals surface area contributed by atoms with Crippen LogP contribution >= 0.6 is 0 Å². The van der Waals surface area contributed by atoms with Crippen LogP contribution in [0.1, 0.15) is 58.1 Å². The molecule has 1 amide bonds. The van der Waals surface area contributed by atoms with Gasteiger partial charge in [-0.05, 0) is 43.6 Å². The number of carbonyl (C=O) groups excluding carboxylic acids is 1. The first-order valence-electron chi connectivity index (χ1n) is 9.54. The molecule has 3 rings (SSSR count). The van der Waals surface area contributed by atoms with E-state index in [-0.39, 0.29) is 12.0 Å². The molecule has 1 aromatic heterocycles. The second-order valence-electron chi connectivity index (χ2n) is 7.57. The molecule has 5 heteroatoms. The van der Waals surface area contributed by atoms with Crippen LogP contribution in [-0.2, 0) is 16.1 Å². The molecule has 0 N–H and O–H groups in total. The Morgan fingerprint density at radius 2 is 2.08 bits per heavy atom. The maximum absolute atomic E-state index is 12.9. The molecule has 1 aromatic rings. The quantitative estimate of drug-likeness (QED) is 0.832. The van der Waals surface area contributed by atoms with Crippen LogP contribution in [0.15, 0.2) is 12.3 Å². The van der Waals surface area contributed by atoms with Crippen LogP contribution in [0, 0.1) is 11.8 Å². The molecule has 2 atom stereocenters. The Morgan fingerprint density at radius 3 is 2.75 bits per heavy atom. The highest BCUT2D eigenvalue weighted by Crippen LogP contribution is 2.32. The monoisotopic (exact) mass is 333 g/mol. The fourth-order valence-electron chi connectivity index (χ4n) is 4.21. The molecule has 2 saturated heterocycles. The molecule has 0 unspecified atom stereocenters. The molecule has 24 heavy (non-hydrogen) atoms. The summed E-state index contributed by atoms with van der Waals surface area (Å²) in [5.41, 5.74) is 1.33. The number of hydrogen-bond acceptors (Lipinski definition) is 3. The number of aromatic nitrogens is 2. The predicted molar refractivity (Wildman–Crippen MR) is 93.8 cm³/mol. The van der Waals surface area contributed by atoms with Crippen molar-refractivity contribution in [3.8, 4) is 0 Å². The van der Waals surface area contributed by atoms with Crippen molar-refractivity contribution in [3.63, 3.8) is 0 Å². The number of amides is 1. The van der Waals surface area contributed by atoms with Crippen molar-refractivity contribution in [1.29, 1.82) is 0 Å². The fourth-order valence-corrected chi connectivity index (χ4v) is 4.21. The Morgan fingerprint density at radius 1 is 1.33 bits per heavy atom. The number of nitrogens with zero attached hydrogens (tertiary/aromatic N) is 3. The lowest BCUT2D eigenvalue weighted by molar-refractivity contribution is -0.144. The van der Waals surface area contributed by atoms with Gasteiger partial charge in [-0.3, -0.25) is 9.48 Å². The van der Waals surface area contributed by atoms with E-state index < -0.39 is 0 Å². The average Bonchev–Trinajstić information content (AvgIpc) is 3.24. The third-order valence-electron chi connectivity index (χ3n) is 5.65. The van der Waals surface area contributed by atoms with Gasteiger partial charge in [0, 0.05) is 44.0 Å². The summed E-state index contributed by atoms with van der Waals surface area (Å²) in [6, 6.07) is 2.15. The van der Waals surface area contributed by atoms with Crippen molar-refractivity contribution in [2.24, 2.45) is 11.8 Å². The number of hydrogen-bond donors (Lipinski definition) is 0. The largest absolute Gasteiger partial charge is 0.368 e. The first kappa shape index (κ1) is 17.5. The summed E-state index contributed by atoms with van der Waals surface area (Å²) in [7, 11) is 0. The number of carbonyl (C=O) groups is 1. The van der Waals surface area contributed by atoms with Gasteiger partial charge in [-0.15, -0.1) is 0 Å². The van der Waals surface area contributed by atoms with Crippen LogP contribution in [0.25, 0.3) is 0 Å². The van der Waals surface area contributed by atoms with Gasteiger partial charge < -0.3 is 9.64 Å². The van der Waals surface area contributed by atoms with Gasteiger partial charge in [0.25, 0.3) is 5.91 Å². The molecule has 0 saturated carbocycles. The van der Waals surface area contributed by atoms with Crippen LogP contribution in [0.3, 0.4) is 0 Å². The lowest BCUT2D eigenvalue weighted by atomic mass is 9.88. The average molecular weight is 333 g/mol. The number of ether oxygens (including phenoxy) is 1. The Kier molecular flexibility index (Phi) is 5.59. The van der Waals surface area contributed by atoms with E-state index in [4.69, 9.17) is 4.74 Å². The molecule has 134 valence electrons. The molecular weight excluding hydrogens is 302 g/mol. The van der Waals surface area contributed by atoms with Gasteiger partial charge in [0.2, 0.25) is 0 Å². The van der Waals surface area contributed by atoms with E-state index in [0.717, 1.165) is 51.9 Å². The fraction of sp³-hybridized carbons (Fsp3) is 0.789. The van der Waals surface area contributed by atoms with Crippen molar-refractivity contribution in [3.05, 3.63) is 18.0 Å². The molecular formula is C19H31N3O2. The lowest BCUT2D eigenvalue weighted by Crippen LogP contribution is -2.46. The Hall–Kier alpha value is -1.36. The number of aryl methyl sites for hydroxylation is 1. The molecule has 2 aliphatic rings. The van der Waals surface area contributed by atoms with Gasteiger partial charge in [-0.25, -0.2) is 0 Å². The van der Waals surface area contributed by atoms with E-state index in [1.807, 2.05) is 11.1 Å². The molecule has 2 aliphatic heterocycles. The minimum atomic E-state index is -0.216. The molecule has 2 fully saturated rings. The maximum atomic E-state index is 12.9. The van der Waals surface area contributed by atoms with Crippen molar-refractivity contribution >= 4 is 5.91 Å². The van der Waals surface area contributed by atoms with Crippen LogP contribution < -0.4 is 0 Å². The SMILES string of the molecule is CCCn1nccc1C1CCN(C(=O)[C@@H]2OCC[C@@H]2C(C)C)CC1. The summed E-state index contributed by atoms with van der Waals surface area (Å²) in [5, 5.41) is 4.44. The predicted octanol–water partition coefficient (Wildman–Crippen LogP) is 3.06. The highest BCUT2D eigenvalue weighted by atomic mass is 16.5. The smallest absolute Gasteiger partial charge is 0.251 e. The third kappa shape index (κ3) is 3.51. The highest BCUT2D eigenvalue weighted by Gasteiger charge is 2.39. The first-order chi connectivity index (χ1) is 11.6. The Balaban J connectivity index is 1.58. The number of piperidine rings is 1. The minimum absolute atomic E-state index is 0.215. The van der Waals surface area contributed by atoms with E-state index >= 15 is 0 Å². The third-order valence-corrected chi connectivity index (χ3v) is 5.65. The second-order valence-corrected chi connectivity index (χ2v) is 7.57. The van der Waals surface area contributed by atoms with Gasteiger partial charge in [0.1, 0.15) is 6.10 Å². The lowest BCUT2D eigenvalue weighted by Gasteiger charge is -2.35. The molecule has 5 nitrogen and oxygen atoms in total.